The fourth-order valence-corrected chi connectivity index (χ4v) is 5.42. The average molecular weight is 565 g/mol. The molecule has 2 amide bonds. The Morgan fingerprint density at radius 3 is 2.26 bits per heavy atom. The van der Waals surface area contributed by atoms with Crippen molar-refractivity contribution in [2.24, 2.45) is 0 Å². The Bertz CT molecular complexity index is 1490. The number of amides is 2. The van der Waals surface area contributed by atoms with Crippen LogP contribution in [0, 0.1) is 0 Å². The normalized spacial score (nSPS) is 17.2. The Labute approximate surface area is 248 Å². The van der Waals surface area contributed by atoms with Crippen molar-refractivity contribution in [3.05, 3.63) is 119 Å². The number of nitrogens with zero attached hydrogens (tertiary/aromatic N) is 1. The molecule has 0 radical (unpaired) electrons. The van der Waals surface area contributed by atoms with Crippen LogP contribution in [0.2, 0.25) is 0 Å². The maximum atomic E-state index is 12.9. The van der Waals surface area contributed by atoms with Gasteiger partial charge < -0.3 is 19.7 Å². The second kappa shape index (κ2) is 13.2. The number of ether oxygens (including phenoxy) is 2. The SMILES string of the molecule is CC(C)(C)OC(=O)N1CCC(c2ccc(CNC(=O)Cc3ccccc3)cc2)C(OCc2ccc3ccccc3c2)C1. The number of fused-ring (bicyclic) bond motifs is 1. The van der Waals surface area contributed by atoms with Gasteiger partial charge in [0.1, 0.15) is 5.60 Å². The molecule has 0 aliphatic carbocycles. The molecule has 6 heteroatoms. The van der Waals surface area contributed by atoms with E-state index in [0.717, 1.165) is 23.1 Å². The molecule has 42 heavy (non-hydrogen) atoms. The van der Waals surface area contributed by atoms with Gasteiger partial charge in [-0.2, -0.15) is 0 Å². The van der Waals surface area contributed by atoms with E-state index in [1.807, 2.05) is 63.2 Å². The van der Waals surface area contributed by atoms with Gasteiger partial charge in [0.05, 0.1) is 25.7 Å². The van der Waals surface area contributed by atoms with Gasteiger partial charge in [-0.15, -0.1) is 0 Å². The van der Waals surface area contributed by atoms with E-state index in [1.54, 1.807) is 4.90 Å². The number of rotatable bonds is 8. The molecular formula is C36H40N2O4. The highest BCUT2D eigenvalue weighted by atomic mass is 16.6. The van der Waals surface area contributed by atoms with Crippen LogP contribution in [0.4, 0.5) is 4.79 Å². The number of benzene rings is 4. The number of likely N-dealkylation sites (tertiary alicyclic amines) is 1. The standard InChI is InChI=1S/C36H40N2O4/c1-36(2,3)42-35(40)38-20-19-32(33(24-38)41-25-28-15-16-29-11-7-8-12-31(29)21-28)30-17-13-27(14-18-30)23-37-34(39)22-26-9-5-4-6-10-26/h4-18,21,32-33H,19-20,22-25H2,1-3H3,(H,37,39). The van der Waals surface area contributed by atoms with Crippen molar-refractivity contribution in [2.75, 3.05) is 13.1 Å². The molecule has 0 spiro atoms. The summed E-state index contributed by atoms with van der Waals surface area (Å²) in [6, 6.07) is 32.8. The summed E-state index contributed by atoms with van der Waals surface area (Å²) in [7, 11) is 0. The van der Waals surface area contributed by atoms with Crippen LogP contribution in [0.25, 0.3) is 10.8 Å². The third-order valence-electron chi connectivity index (χ3n) is 7.59. The third-order valence-corrected chi connectivity index (χ3v) is 7.59. The van der Waals surface area contributed by atoms with E-state index in [0.29, 0.717) is 32.7 Å². The molecule has 5 rings (SSSR count). The predicted molar refractivity (Wildman–Crippen MR) is 166 cm³/mol. The quantitative estimate of drug-likeness (QED) is 0.250. The number of piperidine rings is 1. The molecule has 0 bridgehead atoms. The lowest BCUT2D eigenvalue weighted by molar-refractivity contribution is -0.120. The summed E-state index contributed by atoms with van der Waals surface area (Å²) in [5.74, 6) is 0.132. The van der Waals surface area contributed by atoms with Gasteiger partial charge in [0.25, 0.3) is 0 Å². The smallest absolute Gasteiger partial charge is 0.410 e. The number of hydrogen-bond acceptors (Lipinski definition) is 4. The molecule has 0 saturated carbocycles. The van der Waals surface area contributed by atoms with Crippen LogP contribution in [0.5, 0.6) is 0 Å². The molecule has 1 N–H and O–H groups in total. The van der Waals surface area contributed by atoms with Crippen LogP contribution in [-0.4, -0.2) is 41.7 Å². The molecule has 1 aliphatic heterocycles. The number of hydrogen-bond donors (Lipinski definition) is 1. The van der Waals surface area contributed by atoms with Crippen LogP contribution in [-0.2, 0) is 33.8 Å². The summed E-state index contributed by atoms with van der Waals surface area (Å²) in [6.07, 6.45) is 0.649. The molecule has 2 atom stereocenters. The summed E-state index contributed by atoms with van der Waals surface area (Å²) >= 11 is 0. The molecule has 2 unspecified atom stereocenters. The molecular weight excluding hydrogens is 524 g/mol. The van der Waals surface area contributed by atoms with E-state index < -0.39 is 5.60 Å². The lowest BCUT2D eigenvalue weighted by atomic mass is 9.86. The van der Waals surface area contributed by atoms with Crippen molar-refractivity contribution in [3.63, 3.8) is 0 Å². The van der Waals surface area contributed by atoms with E-state index in [9.17, 15) is 9.59 Å². The zero-order chi connectivity index (χ0) is 29.5. The average Bonchev–Trinajstić information content (AvgIpc) is 2.99. The minimum absolute atomic E-state index is 0.00180. The largest absolute Gasteiger partial charge is 0.444 e. The molecule has 4 aromatic carbocycles. The van der Waals surface area contributed by atoms with Crippen molar-refractivity contribution in [1.29, 1.82) is 0 Å². The van der Waals surface area contributed by atoms with Crippen molar-refractivity contribution in [2.45, 2.75) is 64.4 Å². The topological polar surface area (TPSA) is 67.9 Å². The van der Waals surface area contributed by atoms with Crippen molar-refractivity contribution in [3.8, 4) is 0 Å². The zero-order valence-electron chi connectivity index (χ0n) is 24.7. The van der Waals surface area contributed by atoms with E-state index in [2.05, 4.69) is 59.9 Å². The van der Waals surface area contributed by atoms with Gasteiger partial charge in [0, 0.05) is 19.0 Å². The maximum Gasteiger partial charge on any atom is 0.410 e. The first-order valence-electron chi connectivity index (χ1n) is 14.7. The summed E-state index contributed by atoms with van der Waals surface area (Å²) in [5, 5.41) is 5.40. The van der Waals surface area contributed by atoms with E-state index in [1.165, 1.54) is 16.3 Å². The summed E-state index contributed by atoms with van der Waals surface area (Å²) < 4.78 is 12.2. The molecule has 6 nitrogen and oxygen atoms in total. The number of carbonyl (C=O) groups is 2. The van der Waals surface area contributed by atoms with Crippen LogP contribution < -0.4 is 5.32 Å². The zero-order valence-corrected chi connectivity index (χ0v) is 24.7. The van der Waals surface area contributed by atoms with E-state index in [4.69, 9.17) is 9.47 Å². The summed E-state index contributed by atoms with van der Waals surface area (Å²) in [4.78, 5) is 27.1. The minimum atomic E-state index is -0.554. The molecule has 1 aliphatic rings. The molecule has 1 fully saturated rings. The monoisotopic (exact) mass is 564 g/mol. The van der Waals surface area contributed by atoms with Crippen LogP contribution in [0.3, 0.4) is 0 Å². The van der Waals surface area contributed by atoms with E-state index in [-0.39, 0.29) is 24.0 Å². The van der Waals surface area contributed by atoms with Gasteiger partial charge >= 0.3 is 6.09 Å². The maximum absolute atomic E-state index is 12.9. The third kappa shape index (κ3) is 7.98. The molecule has 4 aromatic rings. The molecule has 1 saturated heterocycles. The molecule has 0 aromatic heterocycles. The Hall–Kier alpha value is -4.16. The fourth-order valence-electron chi connectivity index (χ4n) is 5.42. The summed E-state index contributed by atoms with van der Waals surface area (Å²) in [5.41, 5.74) is 3.75. The fraction of sp³-hybridized carbons (Fsp3) is 0.333. The highest BCUT2D eigenvalue weighted by Gasteiger charge is 2.35. The Balaban J connectivity index is 1.25. The Morgan fingerprint density at radius 2 is 1.52 bits per heavy atom. The van der Waals surface area contributed by atoms with Gasteiger partial charge in [0.15, 0.2) is 0 Å². The lowest BCUT2D eigenvalue weighted by Crippen LogP contribution is -2.48. The number of carbonyl (C=O) groups excluding carboxylic acids is 2. The lowest BCUT2D eigenvalue weighted by Gasteiger charge is -2.39. The first-order valence-corrected chi connectivity index (χ1v) is 14.7. The van der Waals surface area contributed by atoms with Crippen LogP contribution in [0.1, 0.15) is 55.4 Å². The van der Waals surface area contributed by atoms with Gasteiger partial charge in [-0.1, -0.05) is 91.0 Å². The second-order valence-corrected chi connectivity index (χ2v) is 12.0. The molecule has 218 valence electrons. The predicted octanol–water partition coefficient (Wildman–Crippen LogP) is 7.01. The highest BCUT2D eigenvalue weighted by Crippen LogP contribution is 2.32. The van der Waals surface area contributed by atoms with Gasteiger partial charge in [-0.05, 0) is 66.3 Å². The Morgan fingerprint density at radius 1 is 0.833 bits per heavy atom. The van der Waals surface area contributed by atoms with Crippen molar-refractivity contribution >= 4 is 22.8 Å². The first kappa shape index (κ1) is 29.3. The second-order valence-electron chi connectivity index (χ2n) is 12.0. The molecule has 1 heterocycles. The first-order chi connectivity index (χ1) is 20.2. The van der Waals surface area contributed by atoms with Gasteiger partial charge in [0.2, 0.25) is 5.91 Å². The van der Waals surface area contributed by atoms with Gasteiger partial charge in [-0.25, -0.2) is 4.79 Å². The number of nitrogens with one attached hydrogen (secondary N) is 1. The Kier molecular flexibility index (Phi) is 9.23. The van der Waals surface area contributed by atoms with Gasteiger partial charge in [-0.3, -0.25) is 4.79 Å². The minimum Gasteiger partial charge on any atom is -0.444 e. The van der Waals surface area contributed by atoms with Crippen LogP contribution in [0.15, 0.2) is 97.1 Å². The summed E-state index contributed by atoms with van der Waals surface area (Å²) in [6.45, 7) is 7.66. The van der Waals surface area contributed by atoms with Crippen LogP contribution >= 0.6 is 0 Å². The van der Waals surface area contributed by atoms with Crippen molar-refractivity contribution < 1.29 is 19.1 Å². The van der Waals surface area contributed by atoms with E-state index >= 15 is 0 Å². The van der Waals surface area contributed by atoms with Crippen molar-refractivity contribution in [1.82, 2.24) is 10.2 Å². The highest BCUT2D eigenvalue weighted by molar-refractivity contribution is 5.83.